The van der Waals surface area contributed by atoms with Gasteiger partial charge in [0, 0.05) is 25.2 Å². The topological polar surface area (TPSA) is 58.9 Å². The van der Waals surface area contributed by atoms with E-state index in [9.17, 15) is 10.2 Å². The molecule has 0 radical (unpaired) electrons. The molecule has 0 saturated heterocycles. The van der Waals surface area contributed by atoms with Crippen molar-refractivity contribution in [3.63, 3.8) is 0 Å². The highest BCUT2D eigenvalue weighted by Crippen LogP contribution is 2.29. The van der Waals surface area contributed by atoms with E-state index in [1.165, 1.54) is 57.4 Å². The van der Waals surface area contributed by atoms with E-state index in [0.29, 0.717) is 25.2 Å². The van der Waals surface area contributed by atoms with Crippen LogP contribution in [0.1, 0.15) is 83.6 Å². The molecule has 4 nitrogen and oxygen atoms in total. The second-order valence-electron chi connectivity index (χ2n) is 6.99. The number of rotatable bonds is 16. The summed E-state index contributed by atoms with van der Waals surface area (Å²) in [5, 5.41) is 19.7. The minimum absolute atomic E-state index is 0.0735. The number of para-hydroxylation sites is 1. The van der Waals surface area contributed by atoms with Crippen molar-refractivity contribution in [1.29, 1.82) is 0 Å². The van der Waals surface area contributed by atoms with Crippen LogP contribution in [0.5, 0.6) is 11.5 Å². The zero-order valence-corrected chi connectivity index (χ0v) is 16.7. The third-order valence-electron chi connectivity index (χ3n) is 4.59. The molecule has 1 rings (SSSR count). The second kappa shape index (κ2) is 14.9. The Hall–Kier alpha value is -1.26. The highest BCUT2D eigenvalue weighted by molar-refractivity contribution is 5.44. The first-order valence-corrected chi connectivity index (χ1v) is 10.4. The van der Waals surface area contributed by atoms with Crippen LogP contribution in [-0.4, -0.2) is 29.7 Å². The van der Waals surface area contributed by atoms with Crippen molar-refractivity contribution in [2.45, 2.75) is 90.8 Å². The Morgan fingerprint density at radius 1 is 0.769 bits per heavy atom. The summed E-state index contributed by atoms with van der Waals surface area (Å²) in [6, 6.07) is 5.02. The van der Waals surface area contributed by atoms with Crippen LogP contribution in [0, 0.1) is 0 Å². The minimum Gasteiger partial charge on any atom is -0.504 e. The lowest BCUT2D eigenvalue weighted by atomic mass is 10.1. The number of unbranched alkanes of at least 4 members (excludes halogenated alkanes) is 8. The smallest absolute Gasteiger partial charge is 0.161 e. The maximum absolute atomic E-state index is 10.0. The van der Waals surface area contributed by atoms with Crippen LogP contribution in [-0.2, 0) is 15.9 Å². The first kappa shape index (κ1) is 22.8. The van der Waals surface area contributed by atoms with E-state index in [-0.39, 0.29) is 17.8 Å². The van der Waals surface area contributed by atoms with Crippen LogP contribution in [0.15, 0.2) is 18.2 Å². The normalized spacial score (nSPS) is 11.3. The van der Waals surface area contributed by atoms with Crippen molar-refractivity contribution in [2.24, 2.45) is 0 Å². The van der Waals surface area contributed by atoms with Crippen molar-refractivity contribution in [1.82, 2.24) is 0 Å². The van der Waals surface area contributed by atoms with Gasteiger partial charge in [0.1, 0.15) is 0 Å². The fourth-order valence-corrected chi connectivity index (χ4v) is 2.93. The third kappa shape index (κ3) is 10.0. The van der Waals surface area contributed by atoms with Gasteiger partial charge in [-0.2, -0.15) is 0 Å². The summed E-state index contributed by atoms with van der Waals surface area (Å²) in [6.07, 6.45) is 12.0. The molecule has 0 amide bonds. The molecule has 2 N–H and O–H groups in total. The average Bonchev–Trinajstić information content (AvgIpc) is 2.64. The van der Waals surface area contributed by atoms with Gasteiger partial charge < -0.3 is 19.7 Å². The van der Waals surface area contributed by atoms with Gasteiger partial charge in [-0.1, -0.05) is 77.3 Å². The average molecular weight is 367 g/mol. The standard InChI is InChI=1S/C22H38O4/c1-3-5-7-9-11-16-25-21(26-17-12-10-8-6-4-2)18-19-14-13-15-20(23)22(19)24/h13-15,21,23-24H,3-12,16-18H2,1-2H3. The summed E-state index contributed by atoms with van der Waals surface area (Å²) in [6.45, 7) is 5.76. The lowest BCUT2D eigenvalue weighted by Crippen LogP contribution is -2.21. The molecule has 4 heteroatoms. The zero-order chi connectivity index (χ0) is 19.0. The van der Waals surface area contributed by atoms with Crippen molar-refractivity contribution in [3.8, 4) is 11.5 Å². The van der Waals surface area contributed by atoms with Crippen LogP contribution >= 0.6 is 0 Å². The number of hydrogen-bond acceptors (Lipinski definition) is 4. The molecule has 0 aromatic heterocycles. The Kier molecular flexibility index (Phi) is 13.0. The predicted octanol–water partition coefficient (Wildman–Crippen LogP) is 5.94. The summed E-state index contributed by atoms with van der Waals surface area (Å²) >= 11 is 0. The van der Waals surface area contributed by atoms with Gasteiger partial charge in [0.25, 0.3) is 0 Å². The number of aromatic hydroxyl groups is 2. The van der Waals surface area contributed by atoms with Gasteiger partial charge in [0.15, 0.2) is 17.8 Å². The van der Waals surface area contributed by atoms with Gasteiger partial charge in [0.05, 0.1) is 0 Å². The van der Waals surface area contributed by atoms with Crippen molar-refractivity contribution < 1.29 is 19.7 Å². The number of benzene rings is 1. The summed E-state index contributed by atoms with van der Waals surface area (Å²) < 4.78 is 11.9. The first-order chi connectivity index (χ1) is 12.7. The molecule has 0 aliphatic heterocycles. The molecule has 1 aromatic rings. The van der Waals surface area contributed by atoms with Crippen molar-refractivity contribution in [3.05, 3.63) is 23.8 Å². The van der Waals surface area contributed by atoms with Crippen LogP contribution in [0.4, 0.5) is 0 Å². The van der Waals surface area contributed by atoms with Gasteiger partial charge in [-0.3, -0.25) is 0 Å². The molecule has 0 spiro atoms. The lowest BCUT2D eigenvalue weighted by molar-refractivity contribution is -0.142. The highest BCUT2D eigenvalue weighted by atomic mass is 16.7. The van der Waals surface area contributed by atoms with Crippen LogP contribution in [0.25, 0.3) is 0 Å². The largest absolute Gasteiger partial charge is 0.504 e. The molecule has 0 aliphatic rings. The molecular weight excluding hydrogens is 328 g/mol. The molecule has 0 atom stereocenters. The van der Waals surface area contributed by atoms with Crippen molar-refractivity contribution in [2.75, 3.05) is 13.2 Å². The Bertz CT molecular complexity index is 445. The maximum Gasteiger partial charge on any atom is 0.161 e. The number of ether oxygens (including phenoxy) is 2. The maximum atomic E-state index is 10.0. The van der Waals surface area contributed by atoms with Gasteiger partial charge in [-0.15, -0.1) is 0 Å². The van der Waals surface area contributed by atoms with Crippen molar-refractivity contribution >= 4 is 0 Å². The first-order valence-electron chi connectivity index (χ1n) is 10.4. The number of hydrogen-bond donors (Lipinski definition) is 2. The molecule has 0 unspecified atom stereocenters. The number of phenols is 2. The van der Waals surface area contributed by atoms with E-state index >= 15 is 0 Å². The van der Waals surface area contributed by atoms with E-state index in [0.717, 1.165) is 12.8 Å². The molecule has 26 heavy (non-hydrogen) atoms. The van der Waals surface area contributed by atoms with E-state index in [2.05, 4.69) is 13.8 Å². The van der Waals surface area contributed by atoms with E-state index < -0.39 is 0 Å². The summed E-state index contributed by atoms with van der Waals surface area (Å²) in [4.78, 5) is 0. The fourth-order valence-electron chi connectivity index (χ4n) is 2.93. The molecular formula is C22H38O4. The molecule has 0 aliphatic carbocycles. The van der Waals surface area contributed by atoms with Gasteiger partial charge >= 0.3 is 0 Å². The molecule has 0 fully saturated rings. The van der Waals surface area contributed by atoms with Gasteiger partial charge in [-0.25, -0.2) is 0 Å². The summed E-state index contributed by atoms with van der Waals surface area (Å²) in [5.74, 6) is -0.170. The molecule has 1 aromatic carbocycles. The predicted molar refractivity (Wildman–Crippen MR) is 107 cm³/mol. The minimum atomic E-state index is -0.375. The Morgan fingerprint density at radius 2 is 1.31 bits per heavy atom. The zero-order valence-electron chi connectivity index (χ0n) is 16.7. The van der Waals surface area contributed by atoms with Gasteiger partial charge in [0.2, 0.25) is 0 Å². The number of phenolic OH excluding ortho intramolecular Hbond substituents is 2. The Balaban J connectivity index is 2.42. The van der Waals surface area contributed by atoms with E-state index in [1.807, 2.05) is 0 Å². The van der Waals surface area contributed by atoms with Crippen LogP contribution < -0.4 is 0 Å². The fraction of sp³-hybridized carbons (Fsp3) is 0.727. The third-order valence-corrected chi connectivity index (χ3v) is 4.59. The van der Waals surface area contributed by atoms with Crippen LogP contribution in [0.3, 0.4) is 0 Å². The second-order valence-corrected chi connectivity index (χ2v) is 6.99. The lowest BCUT2D eigenvalue weighted by Gasteiger charge is -2.19. The van der Waals surface area contributed by atoms with Crippen LogP contribution in [0.2, 0.25) is 0 Å². The summed E-state index contributed by atoms with van der Waals surface area (Å²) in [7, 11) is 0. The van der Waals surface area contributed by atoms with Gasteiger partial charge in [-0.05, 0) is 18.9 Å². The molecule has 0 saturated carbocycles. The molecule has 150 valence electrons. The SMILES string of the molecule is CCCCCCCOC(Cc1cccc(O)c1O)OCCCCCCC. The highest BCUT2D eigenvalue weighted by Gasteiger charge is 2.15. The van der Waals surface area contributed by atoms with E-state index in [4.69, 9.17) is 9.47 Å². The molecule has 0 bridgehead atoms. The monoisotopic (exact) mass is 366 g/mol. The van der Waals surface area contributed by atoms with E-state index in [1.54, 1.807) is 12.1 Å². The summed E-state index contributed by atoms with van der Waals surface area (Å²) in [5.41, 5.74) is 0.659. The quantitative estimate of drug-likeness (QED) is 0.216. The Morgan fingerprint density at radius 3 is 1.85 bits per heavy atom. The molecule has 0 heterocycles. The Labute approximate surface area is 159 Å².